The third kappa shape index (κ3) is 6.74. The van der Waals surface area contributed by atoms with Crippen molar-refractivity contribution in [3.8, 4) is 0 Å². The van der Waals surface area contributed by atoms with Gasteiger partial charge in [-0.25, -0.2) is 8.78 Å². The molecule has 0 aliphatic rings. The van der Waals surface area contributed by atoms with E-state index in [2.05, 4.69) is 10.6 Å². The van der Waals surface area contributed by atoms with E-state index in [1.807, 2.05) is 49.3 Å². The van der Waals surface area contributed by atoms with Gasteiger partial charge in [0.25, 0.3) is 5.91 Å². The van der Waals surface area contributed by atoms with Crippen molar-refractivity contribution in [3.05, 3.63) is 71.3 Å². The Labute approximate surface area is 163 Å². The summed E-state index contributed by atoms with van der Waals surface area (Å²) in [6, 6.07) is 12.9. The summed E-state index contributed by atoms with van der Waals surface area (Å²) in [6.45, 7) is 0.536. The van der Waals surface area contributed by atoms with E-state index in [-0.39, 0.29) is 30.5 Å². The van der Waals surface area contributed by atoms with Crippen molar-refractivity contribution in [3.63, 3.8) is 0 Å². The van der Waals surface area contributed by atoms with Gasteiger partial charge >= 0.3 is 0 Å². The third-order valence-electron chi connectivity index (χ3n) is 4.39. The van der Waals surface area contributed by atoms with Gasteiger partial charge in [-0.1, -0.05) is 30.3 Å². The maximum Gasteiger partial charge on any atom is 0.254 e. The smallest absolute Gasteiger partial charge is 0.254 e. The Hall–Kier alpha value is -2.80. The van der Waals surface area contributed by atoms with Gasteiger partial charge < -0.3 is 15.5 Å². The van der Waals surface area contributed by atoms with Crippen LogP contribution in [0.3, 0.4) is 0 Å². The lowest BCUT2D eigenvalue weighted by Gasteiger charge is -2.24. The minimum Gasteiger partial charge on any atom is -0.354 e. The van der Waals surface area contributed by atoms with E-state index >= 15 is 0 Å². The molecule has 0 aliphatic heterocycles. The summed E-state index contributed by atoms with van der Waals surface area (Å²) in [5, 5.41) is 5.33. The highest BCUT2D eigenvalue weighted by Gasteiger charge is 2.15. The van der Waals surface area contributed by atoms with E-state index in [4.69, 9.17) is 0 Å². The highest BCUT2D eigenvalue weighted by molar-refractivity contribution is 5.94. The number of nitrogens with zero attached hydrogens (tertiary/aromatic N) is 1. The van der Waals surface area contributed by atoms with E-state index < -0.39 is 17.5 Å². The molecule has 0 radical (unpaired) electrons. The molecular formula is C21H25F2N3O2. The minimum absolute atomic E-state index is 0.0623. The number of halogens is 2. The van der Waals surface area contributed by atoms with Gasteiger partial charge in [0, 0.05) is 31.6 Å². The lowest BCUT2D eigenvalue weighted by Crippen LogP contribution is -2.42. The fraction of sp³-hybridized carbons (Fsp3) is 0.333. The Bertz CT molecular complexity index is 797. The van der Waals surface area contributed by atoms with Crippen LogP contribution in [0.4, 0.5) is 8.78 Å². The first-order valence-corrected chi connectivity index (χ1v) is 9.07. The summed E-state index contributed by atoms with van der Waals surface area (Å²) in [4.78, 5) is 26.0. The number of amides is 2. The normalized spacial score (nSPS) is 11.9. The summed E-state index contributed by atoms with van der Waals surface area (Å²) in [5.74, 6) is -2.57. The van der Waals surface area contributed by atoms with Crippen molar-refractivity contribution in [2.24, 2.45) is 0 Å². The summed E-state index contributed by atoms with van der Waals surface area (Å²) in [5.41, 5.74) is 0.932. The van der Waals surface area contributed by atoms with E-state index in [0.717, 1.165) is 18.6 Å². The molecule has 150 valence electrons. The van der Waals surface area contributed by atoms with Crippen LogP contribution in [-0.4, -0.2) is 49.9 Å². The number of hydrogen-bond acceptors (Lipinski definition) is 3. The number of carbonyl (C=O) groups is 2. The molecule has 5 nitrogen and oxygen atoms in total. The van der Waals surface area contributed by atoms with Crippen molar-refractivity contribution in [1.29, 1.82) is 0 Å². The zero-order valence-corrected chi connectivity index (χ0v) is 16.0. The molecule has 0 saturated heterocycles. The van der Waals surface area contributed by atoms with Gasteiger partial charge in [0.1, 0.15) is 11.6 Å². The molecule has 2 amide bonds. The number of nitrogens with one attached hydrogen (secondary N) is 2. The van der Waals surface area contributed by atoms with Crippen molar-refractivity contribution in [1.82, 2.24) is 15.5 Å². The molecule has 0 fully saturated rings. The molecule has 7 heteroatoms. The van der Waals surface area contributed by atoms with Gasteiger partial charge in [-0.2, -0.15) is 0 Å². The van der Waals surface area contributed by atoms with Crippen LogP contribution in [-0.2, 0) is 11.2 Å². The average Bonchev–Trinajstić information content (AvgIpc) is 2.65. The monoisotopic (exact) mass is 389 g/mol. The first-order valence-electron chi connectivity index (χ1n) is 9.07. The molecule has 0 heterocycles. The molecule has 0 bridgehead atoms. The number of benzene rings is 2. The quantitative estimate of drug-likeness (QED) is 0.692. The van der Waals surface area contributed by atoms with E-state index in [1.165, 1.54) is 5.56 Å². The second-order valence-corrected chi connectivity index (χ2v) is 6.74. The standard InChI is InChI=1S/C21H25F2N3O2/c1-26(2)17(12-15-6-4-3-5-7-15)14-25-20(27)10-11-24-21(28)18-9-8-16(22)13-19(18)23/h3-9,13,17H,10-12,14H2,1-2H3,(H,24,28)(H,25,27). The molecule has 0 aromatic heterocycles. The number of rotatable bonds is 9. The van der Waals surface area contributed by atoms with Crippen LogP contribution >= 0.6 is 0 Å². The molecule has 0 aliphatic carbocycles. The predicted molar refractivity (Wildman–Crippen MR) is 104 cm³/mol. The van der Waals surface area contributed by atoms with Crippen molar-refractivity contribution < 1.29 is 18.4 Å². The van der Waals surface area contributed by atoms with Crippen LogP contribution < -0.4 is 10.6 Å². The zero-order valence-electron chi connectivity index (χ0n) is 16.0. The van der Waals surface area contributed by atoms with Gasteiger partial charge in [0.2, 0.25) is 5.91 Å². The number of carbonyl (C=O) groups excluding carboxylic acids is 2. The zero-order chi connectivity index (χ0) is 20.5. The lowest BCUT2D eigenvalue weighted by atomic mass is 10.1. The maximum absolute atomic E-state index is 13.6. The van der Waals surface area contributed by atoms with Crippen LogP contribution in [0.25, 0.3) is 0 Å². The Balaban J connectivity index is 1.75. The third-order valence-corrected chi connectivity index (χ3v) is 4.39. The first kappa shape index (κ1) is 21.5. The summed E-state index contributed by atoms with van der Waals surface area (Å²) in [6.07, 6.45) is 0.870. The van der Waals surface area contributed by atoms with Gasteiger partial charge in [-0.05, 0) is 38.2 Å². The molecule has 2 aromatic carbocycles. The van der Waals surface area contributed by atoms with E-state index in [9.17, 15) is 18.4 Å². The highest BCUT2D eigenvalue weighted by Crippen LogP contribution is 2.09. The summed E-state index contributed by atoms with van der Waals surface area (Å²) >= 11 is 0. The first-order chi connectivity index (χ1) is 13.4. The molecule has 2 rings (SSSR count). The van der Waals surface area contributed by atoms with Gasteiger partial charge in [-0.15, -0.1) is 0 Å². The average molecular weight is 389 g/mol. The van der Waals surface area contributed by atoms with E-state index in [0.29, 0.717) is 12.6 Å². The van der Waals surface area contributed by atoms with Gasteiger partial charge in [0.15, 0.2) is 0 Å². The Morgan fingerprint density at radius 3 is 2.39 bits per heavy atom. The van der Waals surface area contributed by atoms with Gasteiger partial charge in [0.05, 0.1) is 5.56 Å². The molecule has 0 spiro atoms. The second kappa shape index (κ2) is 10.5. The molecule has 1 atom stereocenters. The molecule has 2 N–H and O–H groups in total. The topological polar surface area (TPSA) is 61.4 Å². The molecular weight excluding hydrogens is 364 g/mol. The maximum atomic E-state index is 13.6. The van der Waals surface area contributed by atoms with Crippen LogP contribution in [0.15, 0.2) is 48.5 Å². The molecule has 0 saturated carbocycles. The molecule has 1 unspecified atom stereocenters. The van der Waals surface area contributed by atoms with Crippen LogP contribution in [0.1, 0.15) is 22.3 Å². The summed E-state index contributed by atoms with van der Waals surface area (Å²) < 4.78 is 26.5. The Kier molecular flexibility index (Phi) is 8.07. The van der Waals surface area contributed by atoms with Crippen LogP contribution in [0.2, 0.25) is 0 Å². The van der Waals surface area contributed by atoms with Gasteiger partial charge in [-0.3, -0.25) is 9.59 Å². The second-order valence-electron chi connectivity index (χ2n) is 6.74. The van der Waals surface area contributed by atoms with Crippen LogP contribution in [0.5, 0.6) is 0 Å². The highest BCUT2D eigenvalue weighted by atomic mass is 19.1. The molecule has 28 heavy (non-hydrogen) atoms. The van der Waals surface area contributed by atoms with Crippen molar-refractivity contribution in [2.75, 3.05) is 27.2 Å². The van der Waals surface area contributed by atoms with E-state index in [1.54, 1.807) is 0 Å². The fourth-order valence-corrected chi connectivity index (χ4v) is 2.70. The Morgan fingerprint density at radius 1 is 1.04 bits per heavy atom. The number of hydrogen-bond donors (Lipinski definition) is 2. The molecule has 2 aromatic rings. The lowest BCUT2D eigenvalue weighted by molar-refractivity contribution is -0.121. The summed E-state index contributed by atoms with van der Waals surface area (Å²) in [7, 11) is 3.91. The minimum atomic E-state index is -0.934. The SMILES string of the molecule is CN(C)C(CNC(=O)CCNC(=O)c1ccc(F)cc1F)Cc1ccccc1. The predicted octanol–water partition coefficient (Wildman–Crippen LogP) is 2.37. The van der Waals surface area contributed by atoms with Crippen molar-refractivity contribution >= 4 is 11.8 Å². The van der Waals surface area contributed by atoms with Crippen LogP contribution in [0, 0.1) is 11.6 Å². The van der Waals surface area contributed by atoms with Crippen molar-refractivity contribution in [2.45, 2.75) is 18.9 Å². The largest absolute Gasteiger partial charge is 0.354 e. The number of likely N-dealkylation sites (N-methyl/N-ethyl adjacent to an activating group) is 1. The Morgan fingerprint density at radius 2 is 1.75 bits per heavy atom. The fourth-order valence-electron chi connectivity index (χ4n) is 2.70.